The Balaban J connectivity index is 1.50. The molecule has 4 nitrogen and oxygen atoms in total. The Bertz CT molecular complexity index is 277. The van der Waals surface area contributed by atoms with E-state index in [2.05, 4.69) is 15.5 Å². The Hall–Kier alpha value is -0.610. The number of fused-ring (bicyclic) bond motifs is 1. The van der Waals surface area contributed by atoms with Gasteiger partial charge in [0.1, 0.15) is 0 Å². The van der Waals surface area contributed by atoms with E-state index < -0.39 is 0 Å². The first-order chi connectivity index (χ1) is 7.84. The van der Waals surface area contributed by atoms with Crippen LogP contribution in [0.5, 0.6) is 0 Å². The molecule has 2 heterocycles. The summed E-state index contributed by atoms with van der Waals surface area (Å²) in [5.74, 6) is 0.555. The average molecular weight is 223 g/mol. The highest BCUT2D eigenvalue weighted by atomic mass is 16.2. The topological polar surface area (TPSA) is 44.4 Å². The molecule has 2 N–H and O–H groups in total. The van der Waals surface area contributed by atoms with Crippen LogP contribution in [0.2, 0.25) is 0 Å². The standard InChI is InChI=1S/C12H21N3O/c16-12-10-2-1-6-15(11(10)8-14-12)7-5-13-9-3-4-9/h9-11,13H,1-8H2,(H,14,16). The van der Waals surface area contributed by atoms with Crippen molar-refractivity contribution in [3.05, 3.63) is 0 Å². The predicted molar refractivity (Wildman–Crippen MR) is 62.1 cm³/mol. The minimum atomic E-state index is 0.273. The summed E-state index contributed by atoms with van der Waals surface area (Å²) in [4.78, 5) is 14.1. The number of rotatable bonds is 4. The van der Waals surface area contributed by atoms with Gasteiger partial charge in [-0.05, 0) is 32.2 Å². The third-order valence-corrected chi connectivity index (χ3v) is 4.13. The van der Waals surface area contributed by atoms with Crippen LogP contribution in [-0.2, 0) is 4.79 Å². The van der Waals surface area contributed by atoms with E-state index in [4.69, 9.17) is 0 Å². The van der Waals surface area contributed by atoms with E-state index >= 15 is 0 Å². The van der Waals surface area contributed by atoms with Crippen LogP contribution in [0.3, 0.4) is 0 Å². The largest absolute Gasteiger partial charge is 0.354 e. The van der Waals surface area contributed by atoms with Crippen molar-refractivity contribution in [2.24, 2.45) is 5.92 Å². The average Bonchev–Trinajstić information content (AvgIpc) is 3.04. The van der Waals surface area contributed by atoms with Gasteiger partial charge in [-0.3, -0.25) is 9.69 Å². The molecule has 0 radical (unpaired) electrons. The van der Waals surface area contributed by atoms with E-state index in [1.54, 1.807) is 0 Å². The van der Waals surface area contributed by atoms with Gasteiger partial charge in [0.2, 0.25) is 5.91 Å². The van der Waals surface area contributed by atoms with E-state index in [0.717, 1.165) is 32.1 Å². The second kappa shape index (κ2) is 4.34. The highest BCUT2D eigenvalue weighted by Gasteiger charge is 2.40. The number of nitrogens with one attached hydrogen (secondary N) is 2. The van der Waals surface area contributed by atoms with Gasteiger partial charge in [0, 0.05) is 31.7 Å². The van der Waals surface area contributed by atoms with Crippen molar-refractivity contribution in [2.45, 2.75) is 37.8 Å². The molecular weight excluding hydrogens is 202 g/mol. The first-order valence-corrected chi connectivity index (χ1v) is 6.60. The quantitative estimate of drug-likeness (QED) is 0.702. The number of carbonyl (C=O) groups excluding carboxylic acids is 1. The second-order valence-electron chi connectivity index (χ2n) is 5.33. The van der Waals surface area contributed by atoms with Gasteiger partial charge < -0.3 is 10.6 Å². The van der Waals surface area contributed by atoms with E-state index in [1.807, 2.05) is 0 Å². The van der Waals surface area contributed by atoms with E-state index in [9.17, 15) is 4.79 Å². The Labute approximate surface area is 96.8 Å². The number of likely N-dealkylation sites (tertiary alicyclic amines) is 1. The van der Waals surface area contributed by atoms with Crippen LogP contribution in [0.1, 0.15) is 25.7 Å². The maximum absolute atomic E-state index is 11.6. The van der Waals surface area contributed by atoms with Gasteiger partial charge in [0.25, 0.3) is 0 Å². The van der Waals surface area contributed by atoms with Crippen molar-refractivity contribution in [3.63, 3.8) is 0 Å². The maximum Gasteiger partial charge on any atom is 0.224 e. The fraction of sp³-hybridized carbons (Fsp3) is 0.917. The van der Waals surface area contributed by atoms with Gasteiger partial charge in [0.15, 0.2) is 0 Å². The zero-order chi connectivity index (χ0) is 11.0. The molecule has 2 unspecified atom stereocenters. The van der Waals surface area contributed by atoms with Gasteiger partial charge >= 0.3 is 0 Å². The molecule has 2 atom stereocenters. The first-order valence-electron chi connectivity index (χ1n) is 6.60. The number of amides is 1. The number of hydrogen-bond donors (Lipinski definition) is 2. The highest BCUT2D eigenvalue weighted by Crippen LogP contribution is 2.27. The molecule has 3 rings (SSSR count). The monoisotopic (exact) mass is 223 g/mol. The fourth-order valence-electron chi connectivity index (χ4n) is 3.02. The highest BCUT2D eigenvalue weighted by molar-refractivity contribution is 5.82. The smallest absolute Gasteiger partial charge is 0.224 e. The third kappa shape index (κ3) is 2.09. The summed E-state index contributed by atoms with van der Waals surface area (Å²) in [6.45, 7) is 4.23. The normalized spacial score (nSPS) is 34.9. The van der Waals surface area contributed by atoms with Gasteiger partial charge in [-0.25, -0.2) is 0 Å². The van der Waals surface area contributed by atoms with Crippen molar-refractivity contribution in [3.8, 4) is 0 Å². The van der Waals surface area contributed by atoms with Crippen LogP contribution in [0, 0.1) is 5.92 Å². The lowest BCUT2D eigenvalue weighted by atomic mass is 9.91. The Morgan fingerprint density at radius 2 is 2.25 bits per heavy atom. The Morgan fingerprint density at radius 1 is 1.38 bits per heavy atom. The van der Waals surface area contributed by atoms with Gasteiger partial charge in [-0.15, -0.1) is 0 Å². The SMILES string of the molecule is O=C1NCC2C1CCCN2CCNC1CC1. The zero-order valence-corrected chi connectivity index (χ0v) is 9.74. The molecule has 0 aromatic rings. The molecule has 0 bridgehead atoms. The Morgan fingerprint density at radius 3 is 3.06 bits per heavy atom. The molecule has 90 valence electrons. The van der Waals surface area contributed by atoms with Crippen LogP contribution in [0.4, 0.5) is 0 Å². The summed E-state index contributed by atoms with van der Waals surface area (Å²) >= 11 is 0. The molecule has 0 aromatic heterocycles. The molecule has 4 heteroatoms. The summed E-state index contributed by atoms with van der Waals surface area (Å²) in [7, 11) is 0. The second-order valence-corrected chi connectivity index (χ2v) is 5.33. The summed E-state index contributed by atoms with van der Waals surface area (Å²) in [6.07, 6.45) is 4.97. The predicted octanol–water partition coefficient (Wildman–Crippen LogP) is -0.0512. The van der Waals surface area contributed by atoms with Crippen molar-refractivity contribution in [1.29, 1.82) is 0 Å². The minimum Gasteiger partial charge on any atom is -0.354 e. The molecule has 1 amide bonds. The Kier molecular flexibility index (Phi) is 2.86. The summed E-state index contributed by atoms with van der Waals surface area (Å²) in [5, 5.41) is 6.55. The number of hydrogen-bond acceptors (Lipinski definition) is 3. The summed E-state index contributed by atoms with van der Waals surface area (Å²) < 4.78 is 0. The van der Waals surface area contributed by atoms with E-state index in [-0.39, 0.29) is 11.8 Å². The van der Waals surface area contributed by atoms with E-state index in [0.29, 0.717) is 6.04 Å². The van der Waals surface area contributed by atoms with Crippen molar-refractivity contribution >= 4 is 5.91 Å². The van der Waals surface area contributed by atoms with E-state index in [1.165, 1.54) is 25.8 Å². The molecule has 1 aliphatic carbocycles. The molecule has 0 aromatic carbocycles. The van der Waals surface area contributed by atoms with Crippen molar-refractivity contribution in [2.75, 3.05) is 26.2 Å². The van der Waals surface area contributed by atoms with Crippen LogP contribution in [-0.4, -0.2) is 49.1 Å². The summed E-state index contributed by atoms with van der Waals surface area (Å²) in [5.41, 5.74) is 0. The molecule has 3 fully saturated rings. The molecule has 2 saturated heterocycles. The lowest BCUT2D eigenvalue weighted by Gasteiger charge is -2.35. The molecule has 3 aliphatic rings. The van der Waals surface area contributed by atoms with Crippen LogP contribution >= 0.6 is 0 Å². The number of carbonyl (C=O) groups is 1. The lowest BCUT2D eigenvalue weighted by molar-refractivity contribution is -0.124. The fourth-order valence-corrected chi connectivity index (χ4v) is 3.02. The van der Waals surface area contributed by atoms with Gasteiger partial charge in [-0.1, -0.05) is 0 Å². The molecular formula is C12H21N3O. The van der Waals surface area contributed by atoms with Crippen LogP contribution in [0.15, 0.2) is 0 Å². The van der Waals surface area contributed by atoms with Crippen LogP contribution in [0.25, 0.3) is 0 Å². The third-order valence-electron chi connectivity index (χ3n) is 4.13. The van der Waals surface area contributed by atoms with Crippen molar-refractivity contribution < 1.29 is 4.79 Å². The molecule has 2 aliphatic heterocycles. The summed E-state index contributed by atoms with van der Waals surface area (Å²) in [6, 6.07) is 1.27. The van der Waals surface area contributed by atoms with Crippen LogP contribution < -0.4 is 10.6 Å². The van der Waals surface area contributed by atoms with Gasteiger partial charge in [0.05, 0.1) is 5.92 Å². The lowest BCUT2D eigenvalue weighted by Crippen LogP contribution is -2.48. The number of piperidine rings is 1. The molecule has 0 spiro atoms. The first kappa shape index (κ1) is 10.5. The number of nitrogens with zero attached hydrogens (tertiary/aromatic N) is 1. The minimum absolute atomic E-state index is 0.273. The zero-order valence-electron chi connectivity index (χ0n) is 9.74. The molecule has 16 heavy (non-hydrogen) atoms. The van der Waals surface area contributed by atoms with Crippen molar-refractivity contribution in [1.82, 2.24) is 15.5 Å². The maximum atomic E-state index is 11.6. The van der Waals surface area contributed by atoms with Gasteiger partial charge in [-0.2, -0.15) is 0 Å². The molecule has 1 saturated carbocycles.